The van der Waals surface area contributed by atoms with Gasteiger partial charge in [-0.15, -0.1) is 0 Å². The van der Waals surface area contributed by atoms with Crippen molar-refractivity contribution in [3.8, 4) is 0 Å². The Balaban J connectivity index is 1.92. The summed E-state index contributed by atoms with van der Waals surface area (Å²) in [4.78, 5) is 15.1. The first-order valence-electron chi connectivity index (χ1n) is 6.13. The number of piperidine rings is 1. The number of nitrogens with one attached hydrogen (secondary N) is 1. The number of rotatable bonds is 2. The van der Waals surface area contributed by atoms with Crippen molar-refractivity contribution < 1.29 is 9.90 Å². The van der Waals surface area contributed by atoms with Crippen LogP contribution >= 0.6 is 0 Å². The molecular formula is C13H15N3O2. The number of fused-ring (bicyclic) bond motifs is 1. The molecule has 3 rings (SSSR count). The fraction of sp³-hybridized carbons (Fsp3) is 0.385. The third-order valence-corrected chi connectivity index (χ3v) is 3.61. The van der Waals surface area contributed by atoms with Gasteiger partial charge in [0.15, 0.2) is 0 Å². The summed E-state index contributed by atoms with van der Waals surface area (Å²) >= 11 is 0. The highest BCUT2D eigenvalue weighted by Crippen LogP contribution is 2.29. The third kappa shape index (κ3) is 1.86. The molecule has 2 N–H and O–H groups in total. The number of carbonyl (C=O) groups is 1. The van der Waals surface area contributed by atoms with Gasteiger partial charge in [0.2, 0.25) is 0 Å². The van der Waals surface area contributed by atoms with Gasteiger partial charge in [-0.25, -0.2) is 0 Å². The van der Waals surface area contributed by atoms with Crippen molar-refractivity contribution in [2.45, 2.75) is 24.8 Å². The third-order valence-electron chi connectivity index (χ3n) is 3.61. The minimum Gasteiger partial charge on any atom is -0.480 e. The molecule has 94 valence electrons. The van der Waals surface area contributed by atoms with E-state index < -0.39 is 12.0 Å². The molecule has 0 bridgehead atoms. The lowest BCUT2D eigenvalue weighted by atomic mass is 9.90. The van der Waals surface area contributed by atoms with Crippen LogP contribution in [0, 0.1) is 0 Å². The predicted octanol–water partition coefficient (Wildman–Crippen LogP) is 1.25. The maximum atomic E-state index is 11.1. The number of hydrogen-bond acceptors (Lipinski definition) is 3. The van der Waals surface area contributed by atoms with E-state index in [1.54, 1.807) is 6.20 Å². The Morgan fingerprint density at radius 2 is 2.39 bits per heavy atom. The Morgan fingerprint density at radius 3 is 3.22 bits per heavy atom. The molecule has 0 aromatic carbocycles. The van der Waals surface area contributed by atoms with Crippen LogP contribution in [0.2, 0.25) is 0 Å². The summed E-state index contributed by atoms with van der Waals surface area (Å²) in [6.45, 7) is 0.750. The smallest absolute Gasteiger partial charge is 0.320 e. The number of aromatic nitrogens is 2. The van der Waals surface area contributed by atoms with Crippen LogP contribution in [0.3, 0.4) is 0 Å². The van der Waals surface area contributed by atoms with E-state index in [1.165, 1.54) is 5.69 Å². The largest absolute Gasteiger partial charge is 0.480 e. The van der Waals surface area contributed by atoms with E-state index in [9.17, 15) is 4.79 Å². The molecular weight excluding hydrogens is 230 g/mol. The summed E-state index contributed by atoms with van der Waals surface area (Å²) in [5, 5.41) is 12.1. The van der Waals surface area contributed by atoms with Crippen molar-refractivity contribution in [2.24, 2.45) is 0 Å². The monoisotopic (exact) mass is 245 g/mol. The van der Waals surface area contributed by atoms with E-state index in [1.807, 2.05) is 18.5 Å². The molecule has 5 heteroatoms. The zero-order valence-electron chi connectivity index (χ0n) is 9.91. The summed E-state index contributed by atoms with van der Waals surface area (Å²) in [5.41, 5.74) is 2.23. The van der Waals surface area contributed by atoms with Gasteiger partial charge in [0.1, 0.15) is 6.04 Å². The average molecular weight is 245 g/mol. The van der Waals surface area contributed by atoms with Crippen molar-refractivity contribution in [2.75, 3.05) is 6.54 Å². The molecule has 0 spiro atoms. The Morgan fingerprint density at radius 1 is 1.50 bits per heavy atom. The average Bonchev–Trinajstić information content (AvgIpc) is 2.82. The Kier molecular flexibility index (Phi) is 2.76. The van der Waals surface area contributed by atoms with E-state index in [-0.39, 0.29) is 5.92 Å². The predicted molar refractivity (Wildman–Crippen MR) is 66.6 cm³/mol. The molecule has 0 saturated carbocycles. The minimum absolute atomic E-state index is 0.289. The fourth-order valence-electron chi connectivity index (χ4n) is 2.69. The van der Waals surface area contributed by atoms with Gasteiger partial charge in [-0.2, -0.15) is 0 Å². The normalized spacial score (nSPS) is 24.2. The summed E-state index contributed by atoms with van der Waals surface area (Å²) in [7, 11) is 0. The van der Waals surface area contributed by atoms with Crippen LogP contribution in [-0.2, 0) is 4.79 Å². The molecule has 1 saturated heterocycles. The molecule has 1 aliphatic rings. The lowest BCUT2D eigenvalue weighted by Crippen LogP contribution is -2.42. The van der Waals surface area contributed by atoms with E-state index in [0.29, 0.717) is 6.42 Å². The van der Waals surface area contributed by atoms with E-state index in [4.69, 9.17) is 5.11 Å². The van der Waals surface area contributed by atoms with Gasteiger partial charge < -0.3 is 14.8 Å². The summed E-state index contributed by atoms with van der Waals surface area (Å²) in [6.07, 6.45) is 7.12. The Labute approximate surface area is 104 Å². The first kappa shape index (κ1) is 11.2. The maximum absolute atomic E-state index is 11.1. The first-order chi connectivity index (χ1) is 8.75. The molecule has 2 unspecified atom stereocenters. The minimum atomic E-state index is -0.762. The molecule has 18 heavy (non-hydrogen) atoms. The molecule has 2 aromatic heterocycles. The molecule has 2 aromatic rings. The highest BCUT2D eigenvalue weighted by Gasteiger charge is 2.28. The van der Waals surface area contributed by atoms with Crippen molar-refractivity contribution in [3.63, 3.8) is 0 Å². The number of hydrogen-bond donors (Lipinski definition) is 2. The molecule has 3 heterocycles. The molecule has 5 nitrogen and oxygen atoms in total. The molecule has 0 radical (unpaired) electrons. The van der Waals surface area contributed by atoms with Gasteiger partial charge in [-0.05, 0) is 31.5 Å². The second-order valence-electron chi connectivity index (χ2n) is 4.70. The van der Waals surface area contributed by atoms with Crippen LogP contribution in [0.25, 0.3) is 5.52 Å². The van der Waals surface area contributed by atoms with Gasteiger partial charge in [-0.1, -0.05) is 0 Å². The number of carboxylic acids is 1. The molecule has 1 fully saturated rings. The Hall–Kier alpha value is -1.88. The molecule has 0 aliphatic carbocycles. The van der Waals surface area contributed by atoms with Gasteiger partial charge in [-0.3, -0.25) is 9.78 Å². The molecule has 1 aliphatic heterocycles. The fourth-order valence-corrected chi connectivity index (χ4v) is 2.69. The lowest BCUT2D eigenvalue weighted by molar-refractivity contribution is -0.140. The second-order valence-corrected chi connectivity index (χ2v) is 4.70. The summed E-state index contributed by atoms with van der Waals surface area (Å²) in [6, 6.07) is 3.67. The zero-order chi connectivity index (χ0) is 12.5. The highest BCUT2D eigenvalue weighted by atomic mass is 16.4. The van der Waals surface area contributed by atoms with Crippen LogP contribution in [0.4, 0.5) is 0 Å². The van der Waals surface area contributed by atoms with E-state index in [2.05, 4.69) is 20.8 Å². The SMILES string of the molecule is O=C(O)C1CC(c2ccc3cnccn23)CCN1. The molecule has 0 amide bonds. The number of nitrogens with zero attached hydrogens (tertiary/aromatic N) is 2. The second kappa shape index (κ2) is 4.42. The zero-order valence-corrected chi connectivity index (χ0v) is 9.91. The van der Waals surface area contributed by atoms with Crippen molar-refractivity contribution >= 4 is 11.5 Å². The van der Waals surface area contributed by atoms with Crippen molar-refractivity contribution in [1.82, 2.24) is 14.7 Å². The highest BCUT2D eigenvalue weighted by molar-refractivity contribution is 5.73. The number of aliphatic carboxylic acids is 1. The van der Waals surface area contributed by atoms with E-state index >= 15 is 0 Å². The Bertz CT molecular complexity index is 578. The first-order valence-corrected chi connectivity index (χ1v) is 6.13. The summed E-state index contributed by atoms with van der Waals surface area (Å²) < 4.78 is 2.10. The van der Waals surface area contributed by atoms with Crippen molar-refractivity contribution in [3.05, 3.63) is 36.4 Å². The standard InChI is InChI=1S/C13H15N3O2/c17-13(18)11-7-9(3-4-15-11)12-2-1-10-8-14-5-6-16(10)12/h1-2,5-6,8-9,11,15H,3-4,7H2,(H,17,18). The van der Waals surface area contributed by atoms with Crippen LogP contribution < -0.4 is 5.32 Å². The van der Waals surface area contributed by atoms with E-state index in [0.717, 1.165) is 18.5 Å². The van der Waals surface area contributed by atoms with Crippen molar-refractivity contribution in [1.29, 1.82) is 0 Å². The van der Waals surface area contributed by atoms with Crippen LogP contribution in [0.5, 0.6) is 0 Å². The van der Waals surface area contributed by atoms with Crippen LogP contribution in [-0.4, -0.2) is 33.0 Å². The number of carboxylic acid groups (broad SMARTS) is 1. The van der Waals surface area contributed by atoms with Gasteiger partial charge in [0.25, 0.3) is 0 Å². The molecule has 2 atom stereocenters. The topological polar surface area (TPSA) is 66.6 Å². The summed E-state index contributed by atoms with van der Waals surface area (Å²) in [5.74, 6) is -0.473. The quantitative estimate of drug-likeness (QED) is 0.835. The maximum Gasteiger partial charge on any atom is 0.320 e. The van der Waals surface area contributed by atoms with Gasteiger partial charge in [0.05, 0.1) is 11.7 Å². The van der Waals surface area contributed by atoms with Gasteiger partial charge >= 0.3 is 5.97 Å². The van der Waals surface area contributed by atoms with Gasteiger partial charge in [0, 0.05) is 24.0 Å². The lowest BCUT2D eigenvalue weighted by Gasteiger charge is -2.27. The van der Waals surface area contributed by atoms with Crippen LogP contribution in [0.1, 0.15) is 24.5 Å². The van der Waals surface area contributed by atoms with Crippen LogP contribution in [0.15, 0.2) is 30.7 Å².